The number of carbonyl (C=O) groups is 1. The fourth-order valence-corrected chi connectivity index (χ4v) is 2.87. The Labute approximate surface area is 113 Å². The minimum absolute atomic E-state index is 0.188. The van der Waals surface area contributed by atoms with Gasteiger partial charge in [0.25, 0.3) is 5.91 Å². The summed E-state index contributed by atoms with van der Waals surface area (Å²) in [5.41, 5.74) is 6.23. The van der Waals surface area contributed by atoms with Gasteiger partial charge in [0, 0.05) is 11.7 Å². The maximum Gasteiger partial charge on any atom is 0.253 e. The first-order valence-electron chi connectivity index (χ1n) is 6.83. The highest BCUT2D eigenvalue weighted by Crippen LogP contribution is 2.29. The molecule has 3 atom stereocenters. The summed E-state index contributed by atoms with van der Waals surface area (Å²) in [6.45, 7) is 4.40. The van der Waals surface area contributed by atoms with Crippen molar-refractivity contribution in [2.75, 3.05) is 5.73 Å². The lowest BCUT2D eigenvalue weighted by Gasteiger charge is -2.33. The largest absolute Gasteiger partial charge is 0.398 e. The number of benzene rings is 1. The molecule has 2 rings (SSSR count). The quantitative estimate of drug-likeness (QED) is 0.807. The molecule has 19 heavy (non-hydrogen) atoms. The van der Waals surface area contributed by atoms with Crippen LogP contribution in [0.1, 0.15) is 43.5 Å². The molecule has 1 fully saturated rings. The number of carbonyl (C=O) groups excluding carboxylic acids is 1. The minimum atomic E-state index is -0.422. The van der Waals surface area contributed by atoms with E-state index in [9.17, 15) is 9.18 Å². The van der Waals surface area contributed by atoms with Crippen LogP contribution in [0.3, 0.4) is 0 Å². The van der Waals surface area contributed by atoms with Crippen molar-refractivity contribution in [2.45, 2.75) is 39.2 Å². The number of nitrogens with one attached hydrogen (secondary N) is 1. The summed E-state index contributed by atoms with van der Waals surface area (Å²) >= 11 is 0. The van der Waals surface area contributed by atoms with E-state index in [2.05, 4.69) is 19.2 Å². The zero-order chi connectivity index (χ0) is 14.0. The van der Waals surface area contributed by atoms with E-state index in [1.54, 1.807) is 0 Å². The number of nitrogen functional groups attached to an aromatic ring is 1. The van der Waals surface area contributed by atoms with E-state index in [-0.39, 0.29) is 17.6 Å². The van der Waals surface area contributed by atoms with Crippen LogP contribution in [0.15, 0.2) is 18.2 Å². The summed E-state index contributed by atoms with van der Waals surface area (Å²) in [6, 6.07) is 4.07. The highest BCUT2D eigenvalue weighted by Gasteiger charge is 2.27. The lowest BCUT2D eigenvalue weighted by Crippen LogP contribution is -2.42. The minimum Gasteiger partial charge on any atom is -0.398 e. The van der Waals surface area contributed by atoms with Crippen LogP contribution in [0.4, 0.5) is 10.1 Å². The third-order valence-corrected chi connectivity index (χ3v) is 4.01. The van der Waals surface area contributed by atoms with Crippen LogP contribution in [0.25, 0.3) is 0 Å². The van der Waals surface area contributed by atoms with E-state index in [4.69, 9.17) is 5.73 Å². The van der Waals surface area contributed by atoms with Gasteiger partial charge in [-0.15, -0.1) is 0 Å². The summed E-state index contributed by atoms with van der Waals surface area (Å²) < 4.78 is 13.0. The van der Waals surface area contributed by atoms with E-state index >= 15 is 0 Å². The van der Waals surface area contributed by atoms with Crippen molar-refractivity contribution in [1.29, 1.82) is 0 Å². The average molecular weight is 264 g/mol. The Morgan fingerprint density at radius 2 is 2.11 bits per heavy atom. The van der Waals surface area contributed by atoms with E-state index in [0.29, 0.717) is 11.5 Å². The van der Waals surface area contributed by atoms with Crippen molar-refractivity contribution in [3.63, 3.8) is 0 Å². The fraction of sp³-hybridized carbons (Fsp3) is 0.533. The molecule has 0 bridgehead atoms. The maximum atomic E-state index is 13.0. The zero-order valence-corrected chi connectivity index (χ0v) is 11.4. The maximum absolute atomic E-state index is 13.0. The predicted molar refractivity (Wildman–Crippen MR) is 74.2 cm³/mol. The lowest BCUT2D eigenvalue weighted by molar-refractivity contribution is 0.0900. The highest BCUT2D eigenvalue weighted by atomic mass is 19.1. The number of anilines is 1. The molecule has 1 aromatic rings. The molecule has 1 aromatic carbocycles. The number of nitrogens with two attached hydrogens (primary N) is 1. The first kappa shape index (κ1) is 13.8. The van der Waals surface area contributed by atoms with Gasteiger partial charge in [-0.3, -0.25) is 4.79 Å². The molecule has 0 aromatic heterocycles. The molecule has 3 unspecified atom stereocenters. The summed E-state index contributed by atoms with van der Waals surface area (Å²) in [7, 11) is 0. The molecule has 0 aliphatic heterocycles. The van der Waals surface area contributed by atoms with Crippen LogP contribution >= 0.6 is 0 Å². The van der Waals surface area contributed by atoms with Crippen LogP contribution in [0.5, 0.6) is 0 Å². The van der Waals surface area contributed by atoms with Gasteiger partial charge in [-0.05, 0) is 49.3 Å². The molecule has 1 aliphatic carbocycles. The Kier molecular flexibility index (Phi) is 4.08. The molecule has 1 saturated carbocycles. The average Bonchev–Trinajstić information content (AvgIpc) is 2.32. The number of rotatable bonds is 2. The van der Waals surface area contributed by atoms with Crippen molar-refractivity contribution >= 4 is 11.6 Å². The molecule has 0 spiro atoms. The Morgan fingerprint density at radius 1 is 1.37 bits per heavy atom. The molecule has 0 heterocycles. The van der Waals surface area contributed by atoms with Crippen molar-refractivity contribution in [3.8, 4) is 0 Å². The van der Waals surface area contributed by atoms with Gasteiger partial charge in [-0.1, -0.05) is 13.8 Å². The molecule has 0 saturated heterocycles. The van der Waals surface area contributed by atoms with Gasteiger partial charge in [0.2, 0.25) is 0 Å². The second-order valence-electron chi connectivity index (χ2n) is 5.71. The van der Waals surface area contributed by atoms with Crippen LogP contribution in [0, 0.1) is 17.7 Å². The molecule has 1 amide bonds. The molecule has 3 nitrogen and oxygen atoms in total. The first-order valence-corrected chi connectivity index (χ1v) is 6.83. The lowest BCUT2D eigenvalue weighted by atomic mass is 9.80. The molecule has 4 heteroatoms. The first-order chi connectivity index (χ1) is 8.97. The van der Waals surface area contributed by atoms with Gasteiger partial charge in [-0.2, -0.15) is 0 Å². The monoisotopic (exact) mass is 264 g/mol. The Balaban J connectivity index is 2.04. The third kappa shape index (κ3) is 3.25. The molecule has 104 valence electrons. The van der Waals surface area contributed by atoms with Crippen LogP contribution in [-0.2, 0) is 0 Å². The Bertz CT molecular complexity index is 475. The summed E-state index contributed by atoms with van der Waals surface area (Å²) in [6.07, 6.45) is 3.26. The van der Waals surface area contributed by atoms with Crippen LogP contribution in [0.2, 0.25) is 0 Å². The zero-order valence-electron chi connectivity index (χ0n) is 11.4. The molecular formula is C15H21FN2O. The second-order valence-corrected chi connectivity index (χ2v) is 5.71. The van der Waals surface area contributed by atoms with Crippen LogP contribution < -0.4 is 11.1 Å². The van der Waals surface area contributed by atoms with Crippen LogP contribution in [-0.4, -0.2) is 11.9 Å². The van der Waals surface area contributed by atoms with E-state index in [1.807, 2.05) is 0 Å². The molecule has 1 aliphatic rings. The van der Waals surface area contributed by atoms with Crippen molar-refractivity contribution in [3.05, 3.63) is 29.6 Å². The normalized spacial score (nSPS) is 27.0. The number of hydrogen-bond acceptors (Lipinski definition) is 2. The van der Waals surface area contributed by atoms with E-state index in [0.717, 1.165) is 25.2 Å². The Hall–Kier alpha value is -1.58. The second kappa shape index (κ2) is 5.59. The van der Waals surface area contributed by atoms with Gasteiger partial charge in [-0.25, -0.2) is 4.39 Å². The number of halogens is 1. The number of hydrogen-bond donors (Lipinski definition) is 2. The Morgan fingerprint density at radius 3 is 2.74 bits per heavy atom. The SMILES string of the molecule is CC1CCC(NC(=O)c2ccc(F)cc2N)C(C)C1. The van der Waals surface area contributed by atoms with Gasteiger partial charge >= 0.3 is 0 Å². The van der Waals surface area contributed by atoms with Crippen molar-refractivity contribution < 1.29 is 9.18 Å². The number of amides is 1. The molecule has 0 radical (unpaired) electrons. The highest BCUT2D eigenvalue weighted by molar-refractivity contribution is 5.99. The summed E-state index contributed by atoms with van der Waals surface area (Å²) in [5.74, 6) is 0.561. The smallest absolute Gasteiger partial charge is 0.253 e. The topological polar surface area (TPSA) is 55.1 Å². The van der Waals surface area contributed by atoms with Crippen molar-refractivity contribution in [2.24, 2.45) is 11.8 Å². The third-order valence-electron chi connectivity index (χ3n) is 4.01. The standard InChI is InChI=1S/C15H21FN2O/c1-9-3-6-14(10(2)7-9)18-15(19)12-5-4-11(16)8-13(12)17/h4-5,8-10,14H,3,6-7,17H2,1-2H3,(H,18,19). The summed E-state index contributed by atoms with van der Waals surface area (Å²) in [5, 5.41) is 3.02. The summed E-state index contributed by atoms with van der Waals surface area (Å²) in [4.78, 5) is 12.2. The van der Waals surface area contributed by atoms with Gasteiger partial charge in [0.1, 0.15) is 5.82 Å². The molecule has 3 N–H and O–H groups in total. The van der Waals surface area contributed by atoms with Gasteiger partial charge < -0.3 is 11.1 Å². The predicted octanol–water partition coefficient (Wildman–Crippen LogP) is 2.96. The van der Waals surface area contributed by atoms with E-state index in [1.165, 1.54) is 18.2 Å². The fourth-order valence-electron chi connectivity index (χ4n) is 2.87. The van der Waals surface area contributed by atoms with Gasteiger partial charge in [0.05, 0.1) is 5.56 Å². The van der Waals surface area contributed by atoms with Crippen molar-refractivity contribution in [1.82, 2.24) is 5.32 Å². The van der Waals surface area contributed by atoms with E-state index < -0.39 is 5.82 Å². The van der Waals surface area contributed by atoms with Gasteiger partial charge in [0.15, 0.2) is 0 Å². The molecular weight excluding hydrogens is 243 g/mol.